The van der Waals surface area contributed by atoms with E-state index in [0.717, 1.165) is 5.56 Å². The molecule has 0 unspecified atom stereocenters. The Hall–Kier alpha value is -2.27. The molecule has 2 aromatic carbocycles. The summed E-state index contributed by atoms with van der Waals surface area (Å²) in [6.45, 7) is 1.83. The average molecular weight is 309 g/mol. The topological polar surface area (TPSA) is 64.3 Å². The van der Waals surface area contributed by atoms with Crippen LogP contribution in [0.15, 0.2) is 30.3 Å². The number of methoxy groups -OCH3 is 1. The smallest absolute Gasteiger partial charge is 0.340 e. The lowest BCUT2D eigenvalue weighted by Gasteiger charge is -2.14. The van der Waals surface area contributed by atoms with E-state index in [-0.39, 0.29) is 22.0 Å². The molecule has 0 saturated carbocycles. The molecule has 0 radical (unpaired) electrons. The average Bonchev–Trinajstić information content (AvgIpc) is 2.44. The van der Waals surface area contributed by atoms with Crippen LogP contribution in [-0.4, -0.2) is 13.1 Å². The predicted molar refractivity (Wildman–Crippen MR) is 81.6 cm³/mol. The van der Waals surface area contributed by atoms with Gasteiger partial charge < -0.3 is 15.8 Å². The van der Waals surface area contributed by atoms with Gasteiger partial charge in [-0.25, -0.2) is 9.18 Å². The lowest BCUT2D eigenvalue weighted by Crippen LogP contribution is -2.08. The van der Waals surface area contributed by atoms with Gasteiger partial charge in [-0.05, 0) is 36.8 Å². The lowest BCUT2D eigenvalue weighted by atomic mass is 10.1. The number of rotatable bonds is 3. The fourth-order valence-corrected chi connectivity index (χ4v) is 2.17. The number of nitrogens with two attached hydrogens (primary N) is 1. The minimum Gasteiger partial charge on any atom is -0.465 e. The van der Waals surface area contributed by atoms with Crippen LogP contribution in [0.2, 0.25) is 5.02 Å². The molecule has 4 nitrogen and oxygen atoms in total. The molecule has 6 heteroatoms. The van der Waals surface area contributed by atoms with E-state index in [9.17, 15) is 9.18 Å². The second-order valence-corrected chi connectivity index (χ2v) is 4.93. The molecule has 0 aliphatic carbocycles. The summed E-state index contributed by atoms with van der Waals surface area (Å²) < 4.78 is 18.5. The number of aryl methyl sites for hydroxylation is 1. The second-order valence-electron chi connectivity index (χ2n) is 4.53. The Morgan fingerprint density at radius 1 is 1.33 bits per heavy atom. The number of hydrogen-bond donors (Lipinski definition) is 2. The van der Waals surface area contributed by atoms with Gasteiger partial charge in [-0.1, -0.05) is 17.7 Å². The Morgan fingerprint density at radius 3 is 2.71 bits per heavy atom. The van der Waals surface area contributed by atoms with Gasteiger partial charge in [-0.2, -0.15) is 0 Å². The molecule has 0 saturated heterocycles. The van der Waals surface area contributed by atoms with Gasteiger partial charge in [-0.3, -0.25) is 0 Å². The van der Waals surface area contributed by atoms with Crippen LogP contribution in [0.4, 0.5) is 21.5 Å². The molecule has 0 aromatic heterocycles. The number of esters is 1. The number of halogens is 2. The van der Waals surface area contributed by atoms with Crippen molar-refractivity contribution in [1.29, 1.82) is 0 Å². The van der Waals surface area contributed by atoms with E-state index in [0.29, 0.717) is 5.69 Å². The van der Waals surface area contributed by atoms with Crippen LogP contribution in [0.3, 0.4) is 0 Å². The van der Waals surface area contributed by atoms with Crippen molar-refractivity contribution < 1.29 is 13.9 Å². The number of carbonyl (C=O) groups excluding carboxylic acids is 1. The molecule has 3 N–H and O–H groups in total. The Bertz CT molecular complexity index is 704. The van der Waals surface area contributed by atoms with Crippen molar-refractivity contribution in [2.75, 3.05) is 18.2 Å². The molecule has 0 bridgehead atoms. The molecule has 2 rings (SSSR count). The second kappa shape index (κ2) is 6.01. The van der Waals surface area contributed by atoms with Crippen LogP contribution < -0.4 is 11.1 Å². The van der Waals surface area contributed by atoms with Crippen molar-refractivity contribution in [3.05, 3.63) is 52.3 Å². The number of nitrogens with one attached hydrogen (secondary N) is 1. The van der Waals surface area contributed by atoms with Gasteiger partial charge >= 0.3 is 5.97 Å². The highest BCUT2D eigenvalue weighted by Crippen LogP contribution is 2.33. The van der Waals surface area contributed by atoms with E-state index in [1.165, 1.54) is 25.3 Å². The lowest BCUT2D eigenvalue weighted by molar-refractivity contribution is 0.0602. The number of nitrogen functional groups attached to an aromatic ring is 1. The number of carbonyl (C=O) groups is 1. The van der Waals surface area contributed by atoms with E-state index < -0.39 is 11.8 Å². The monoisotopic (exact) mass is 308 g/mol. The Morgan fingerprint density at radius 2 is 2.05 bits per heavy atom. The Kier molecular flexibility index (Phi) is 4.33. The maximum atomic E-state index is 13.8. The molecular formula is C15H14ClFN2O2. The van der Waals surface area contributed by atoms with Gasteiger partial charge in [0.05, 0.1) is 29.1 Å². The molecule has 21 heavy (non-hydrogen) atoms. The first-order valence-electron chi connectivity index (χ1n) is 6.13. The first kappa shape index (κ1) is 15.1. The summed E-state index contributed by atoms with van der Waals surface area (Å²) in [5, 5.41) is 3.03. The highest BCUT2D eigenvalue weighted by atomic mass is 35.5. The summed E-state index contributed by atoms with van der Waals surface area (Å²) in [7, 11) is 1.25. The molecule has 0 aliphatic heterocycles. The quantitative estimate of drug-likeness (QED) is 0.666. The molecular weight excluding hydrogens is 295 g/mol. The Balaban J connectivity index is 2.53. The summed E-state index contributed by atoms with van der Waals surface area (Å²) in [5.74, 6) is -1.07. The zero-order valence-electron chi connectivity index (χ0n) is 11.5. The number of hydrogen-bond acceptors (Lipinski definition) is 4. The molecule has 0 atom stereocenters. The molecule has 0 aliphatic rings. The van der Waals surface area contributed by atoms with Gasteiger partial charge in [0, 0.05) is 5.69 Å². The highest BCUT2D eigenvalue weighted by Gasteiger charge is 2.17. The fraction of sp³-hybridized carbons (Fsp3) is 0.133. The maximum absolute atomic E-state index is 13.8. The fourth-order valence-electron chi connectivity index (χ4n) is 1.90. The van der Waals surface area contributed by atoms with Crippen LogP contribution in [0.5, 0.6) is 0 Å². The number of ether oxygens (including phenoxy) is 1. The van der Waals surface area contributed by atoms with Gasteiger partial charge in [0.25, 0.3) is 0 Å². The third-order valence-corrected chi connectivity index (χ3v) is 3.20. The minimum atomic E-state index is -0.611. The third-order valence-electron chi connectivity index (χ3n) is 2.90. The number of benzene rings is 2. The SMILES string of the molecule is COC(=O)c1cc(N)cc(Cl)c1Nc1cc(C)ccc1F. The van der Waals surface area contributed by atoms with Gasteiger partial charge in [0.15, 0.2) is 0 Å². The first-order valence-corrected chi connectivity index (χ1v) is 6.50. The standard InChI is InChI=1S/C15H14ClFN2O2/c1-8-3-4-12(17)13(5-8)19-14-10(15(20)21-2)6-9(18)7-11(14)16/h3-7,19H,18H2,1-2H3. The van der Waals surface area contributed by atoms with E-state index in [2.05, 4.69) is 5.32 Å². The summed E-state index contributed by atoms with van der Waals surface area (Å²) in [5.41, 5.74) is 7.46. The number of anilines is 3. The van der Waals surface area contributed by atoms with E-state index in [4.69, 9.17) is 22.1 Å². The molecule has 0 amide bonds. The minimum absolute atomic E-state index is 0.142. The summed E-state index contributed by atoms with van der Waals surface area (Å²) in [4.78, 5) is 11.8. The largest absolute Gasteiger partial charge is 0.465 e. The molecule has 2 aromatic rings. The predicted octanol–water partition coefficient (Wildman–Crippen LogP) is 3.90. The van der Waals surface area contributed by atoms with Crippen LogP contribution in [0, 0.1) is 12.7 Å². The van der Waals surface area contributed by atoms with Crippen LogP contribution in [0.25, 0.3) is 0 Å². The van der Waals surface area contributed by atoms with Gasteiger partial charge in [0.1, 0.15) is 5.82 Å². The molecule has 0 fully saturated rings. The van der Waals surface area contributed by atoms with Crippen LogP contribution >= 0.6 is 11.6 Å². The van der Waals surface area contributed by atoms with E-state index >= 15 is 0 Å². The normalized spacial score (nSPS) is 10.3. The maximum Gasteiger partial charge on any atom is 0.340 e. The molecule has 110 valence electrons. The third kappa shape index (κ3) is 3.25. The van der Waals surface area contributed by atoms with Gasteiger partial charge in [0.2, 0.25) is 0 Å². The van der Waals surface area contributed by atoms with Crippen molar-refractivity contribution in [2.45, 2.75) is 6.92 Å². The van der Waals surface area contributed by atoms with Crippen molar-refractivity contribution in [2.24, 2.45) is 0 Å². The summed E-state index contributed by atoms with van der Waals surface area (Å²) in [6.07, 6.45) is 0. The van der Waals surface area contributed by atoms with E-state index in [1.54, 1.807) is 12.1 Å². The zero-order valence-corrected chi connectivity index (χ0v) is 12.3. The summed E-state index contributed by atoms with van der Waals surface area (Å²) in [6, 6.07) is 7.49. The van der Waals surface area contributed by atoms with Crippen molar-refractivity contribution in [3.63, 3.8) is 0 Å². The van der Waals surface area contributed by atoms with Crippen molar-refractivity contribution >= 4 is 34.6 Å². The van der Waals surface area contributed by atoms with E-state index in [1.807, 2.05) is 6.92 Å². The zero-order chi connectivity index (χ0) is 15.6. The first-order chi connectivity index (χ1) is 9.92. The highest BCUT2D eigenvalue weighted by molar-refractivity contribution is 6.34. The van der Waals surface area contributed by atoms with Crippen LogP contribution in [-0.2, 0) is 4.74 Å². The van der Waals surface area contributed by atoms with Crippen LogP contribution in [0.1, 0.15) is 15.9 Å². The van der Waals surface area contributed by atoms with Gasteiger partial charge in [-0.15, -0.1) is 0 Å². The Labute approximate surface area is 126 Å². The summed E-state index contributed by atoms with van der Waals surface area (Å²) >= 11 is 6.11. The van der Waals surface area contributed by atoms with Crippen molar-refractivity contribution in [3.8, 4) is 0 Å². The molecule has 0 spiro atoms. The van der Waals surface area contributed by atoms with Crippen molar-refractivity contribution in [1.82, 2.24) is 0 Å². The molecule has 0 heterocycles.